The van der Waals surface area contributed by atoms with Crippen molar-refractivity contribution >= 4 is 5.69 Å². The zero-order valence-corrected chi connectivity index (χ0v) is 14.4. The van der Waals surface area contributed by atoms with E-state index in [-0.39, 0.29) is 13.0 Å². The number of halogens is 2. The molecule has 1 unspecified atom stereocenters. The van der Waals surface area contributed by atoms with Gasteiger partial charge in [-0.1, -0.05) is 12.1 Å². The molecule has 0 bridgehead atoms. The molecule has 0 aliphatic carbocycles. The Balaban J connectivity index is 1.46. The normalized spacial score (nSPS) is 26.6. The molecule has 3 aliphatic heterocycles. The van der Waals surface area contributed by atoms with Crippen molar-refractivity contribution in [2.75, 3.05) is 44.2 Å². The van der Waals surface area contributed by atoms with E-state index in [0.717, 1.165) is 38.5 Å². The van der Waals surface area contributed by atoms with E-state index in [2.05, 4.69) is 35.3 Å². The summed E-state index contributed by atoms with van der Waals surface area (Å²) in [5.41, 5.74) is 4.15. The smallest absolute Gasteiger partial charge is 0.261 e. The second-order valence-corrected chi connectivity index (χ2v) is 7.77. The molecule has 3 nitrogen and oxygen atoms in total. The molecule has 1 atom stereocenters. The average molecular weight is 335 g/mol. The Labute approximate surface area is 143 Å². The summed E-state index contributed by atoms with van der Waals surface area (Å²) in [5.74, 6) is -1.72. The zero-order chi connectivity index (χ0) is 16.7. The van der Waals surface area contributed by atoms with E-state index in [1.165, 1.54) is 23.2 Å². The third-order valence-corrected chi connectivity index (χ3v) is 5.95. The maximum absolute atomic E-state index is 13.4. The molecule has 4 rings (SSSR count). The van der Waals surface area contributed by atoms with Gasteiger partial charge in [0.05, 0.1) is 6.54 Å². The summed E-state index contributed by atoms with van der Waals surface area (Å²) in [6.45, 7) is 6.48. The SMILES string of the molecule is Cc1cccc2c1CC(CC1CNC1)N2CCN1CCC(F)(F)C1. The van der Waals surface area contributed by atoms with Gasteiger partial charge in [0.1, 0.15) is 0 Å². The second-order valence-electron chi connectivity index (χ2n) is 7.77. The predicted octanol–water partition coefficient (Wildman–Crippen LogP) is 2.68. The molecule has 3 aliphatic rings. The van der Waals surface area contributed by atoms with Crippen LogP contribution in [0.1, 0.15) is 24.0 Å². The Morgan fingerprint density at radius 1 is 1.25 bits per heavy atom. The van der Waals surface area contributed by atoms with Crippen molar-refractivity contribution in [3.05, 3.63) is 29.3 Å². The van der Waals surface area contributed by atoms with Crippen molar-refractivity contribution in [2.45, 2.75) is 38.2 Å². The van der Waals surface area contributed by atoms with Crippen LogP contribution < -0.4 is 10.2 Å². The molecule has 2 saturated heterocycles. The first-order chi connectivity index (χ1) is 11.5. The van der Waals surface area contributed by atoms with E-state index >= 15 is 0 Å². The summed E-state index contributed by atoms with van der Waals surface area (Å²) in [7, 11) is 0. The minimum atomic E-state index is -2.49. The van der Waals surface area contributed by atoms with E-state index in [1.807, 2.05) is 4.90 Å². The fraction of sp³-hybridized carbons (Fsp3) is 0.684. The van der Waals surface area contributed by atoms with Gasteiger partial charge in [0.25, 0.3) is 5.92 Å². The maximum Gasteiger partial charge on any atom is 0.261 e. The minimum absolute atomic E-state index is 0.0138. The lowest BCUT2D eigenvalue weighted by molar-refractivity contribution is 0.0125. The number of hydrogen-bond donors (Lipinski definition) is 1. The van der Waals surface area contributed by atoms with Crippen molar-refractivity contribution in [3.8, 4) is 0 Å². The van der Waals surface area contributed by atoms with Crippen LogP contribution in [0.2, 0.25) is 0 Å². The van der Waals surface area contributed by atoms with Gasteiger partial charge in [-0.25, -0.2) is 8.78 Å². The highest BCUT2D eigenvalue weighted by atomic mass is 19.3. The zero-order valence-electron chi connectivity index (χ0n) is 14.4. The third kappa shape index (κ3) is 3.16. The third-order valence-electron chi connectivity index (χ3n) is 5.95. The van der Waals surface area contributed by atoms with Crippen LogP contribution in [0.15, 0.2) is 18.2 Å². The molecule has 24 heavy (non-hydrogen) atoms. The van der Waals surface area contributed by atoms with Crippen molar-refractivity contribution in [2.24, 2.45) is 5.92 Å². The summed E-state index contributed by atoms with van der Waals surface area (Å²) in [4.78, 5) is 4.42. The van der Waals surface area contributed by atoms with Gasteiger partial charge in [0.15, 0.2) is 0 Å². The quantitative estimate of drug-likeness (QED) is 0.892. The van der Waals surface area contributed by atoms with Crippen LogP contribution in [-0.2, 0) is 6.42 Å². The number of hydrogen-bond acceptors (Lipinski definition) is 3. The lowest BCUT2D eigenvalue weighted by Gasteiger charge is -2.35. The number of anilines is 1. The van der Waals surface area contributed by atoms with Crippen LogP contribution >= 0.6 is 0 Å². The van der Waals surface area contributed by atoms with Gasteiger partial charge >= 0.3 is 0 Å². The Kier molecular flexibility index (Phi) is 4.25. The lowest BCUT2D eigenvalue weighted by Crippen LogP contribution is -2.47. The Bertz CT molecular complexity index is 600. The minimum Gasteiger partial charge on any atom is -0.367 e. The highest BCUT2D eigenvalue weighted by Gasteiger charge is 2.39. The molecule has 1 aromatic carbocycles. The molecule has 5 heteroatoms. The van der Waals surface area contributed by atoms with Crippen molar-refractivity contribution in [3.63, 3.8) is 0 Å². The fourth-order valence-electron chi connectivity index (χ4n) is 4.42. The first-order valence-electron chi connectivity index (χ1n) is 9.18. The molecule has 2 fully saturated rings. The molecule has 0 amide bonds. The van der Waals surface area contributed by atoms with Crippen molar-refractivity contribution < 1.29 is 8.78 Å². The molecular formula is C19H27F2N3. The molecule has 1 N–H and O–H groups in total. The standard InChI is InChI=1S/C19H27F2N3/c1-14-3-2-4-18-17(14)10-16(9-15-11-22-12-15)24(18)8-7-23-6-5-19(20,21)13-23/h2-4,15-16,22H,5-13H2,1H3. The van der Waals surface area contributed by atoms with Crippen LogP contribution in [0, 0.1) is 12.8 Å². The highest BCUT2D eigenvalue weighted by molar-refractivity contribution is 5.62. The van der Waals surface area contributed by atoms with Gasteiger partial charge in [0, 0.05) is 37.8 Å². The van der Waals surface area contributed by atoms with Crippen molar-refractivity contribution in [1.29, 1.82) is 0 Å². The second kappa shape index (κ2) is 6.26. The topological polar surface area (TPSA) is 18.5 Å². The molecule has 1 aromatic rings. The van der Waals surface area contributed by atoms with Gasteiger partial charge in [-0.15, -0.1) is 0 Å². The number of benzene rings is 1. The summed E-state index contributed by atoms with van der Waals surface area (Å²) in [6, 6.07) is 7.04. The number of alkyl halides is 2. The van der Waals surface area contributed by atoms with Crippen LogP contribution in [0.3, 0.4) is 0 Å². The van der Waals surface area contributed by atoms with Crippen molar-refractivity contribution in [1.82, 2.24) is 10.2 Å². The van der Waals surface area contributed by atoms with E-state index in [4.69, 9.17) is 0 Å². The van der Waals surface area contributed by atoms with Gasteiger partial charge in [-0.05, 0) is 56.0 Å². The van der Waals surface area contributed by atoms with Gasteiger partial charge < -0.3 is 10.2 Å². The number of nitrogens with zero attached hydrogens (tertiary/aromatic N) is 2. The largest absolute Gasteiger partial charge is 0.367 e. The van der Waals surface area contributed by atoms with E-state index in [0.29, 0.717) is 12.6 Å². The Morgan fingerprint density at radius 3 is 2.75 bits per heavy atom. The van der Waals surface area contributed by atoms with Crippen LogP contribution in [-0.4, -0.2) is 56.1 Å². The first-order valence-corrected chi connectivity index (χ1v) is 9.18. The van der Waals surface area contributed by atoms with Gasteiger partial charge in [0.2, 0.25) is 0 Å². The molecule has 0 aromatic heterocycles. The molecule has 0 radical (unpaired) electrons. The highest BCUT2D eigenvalue weighted by Crippen LogP contribution is 2.37. The van der Waals surface area contributed by atoms with Crippen LogP contribution in [0.4, 0.5) is 14.5 Å². The summed E-state index contributed by atoms with van der Waals surface area (Å²) >= 11 is 0. The first kappa shape index (κ1) is 16.3. The summed E-state index contributed by atoms with van der Waals surface area (Å²) < 4.78 is 26.9. The molecule has 0 saturated carbocycles. The summed E-state index contributed by atoms with van der Waals surface area (Å²) in [5, 5.41) is 3.36. The molecular weight excluding hydrogens is 308 g/mol. The Hall–Kier alpha value is -1.20. The molecule has 0 spiro atoms. The van der Waals surface area contributed by atoms with E-state index < -0.39 is 5.92 Å². The maximum atomic E-state index is 13.4. The Morgan fingerprint density at radius 2 is 2.08 bits per heavy atom. The van der Waals surface area contributed by atoms with E-state index in [1.54, 1.807) is 0 Å². The summed E-state index contributed by atoms with van der Waals surface area (Å²) in [6.07, 6.45) is 2.33. The number of rotatable bonds is 5. The monoisotopic (exact) mass is 335 g/mol. The van der Waals surface area contributed by atoms with Crippen LogP contribution in [0.25, 0.3) is 0 Å². The molecule has 132 valence electrons. The predicted molar refractivity (Wildman–Crippen MR) is 93.0 cm³/mol. The van der Waals surface area contributed by atoms with E-state index in [9.17, 15) is 8.78 Å². The number of nitrogens with one attached hydrogen (secondary N) is 1. The average Bonchev–Trinajstić information content (AvgIpc) is 3.02. The van der Waals surface area contributed by atoms with Crippen LogP contribution in [0.5, 0.6) is 0 Å². The fourth-order valence-corrected chi connectivity index (χ4v) is 4.42. The number of aryl methyl sites for hydroxylation is 1. The molecule has 3 heterocycles. The number of likely N-dealkylation sites (tertiary alicyclic amines) is 1. The van der Waals surface area contributed by atoms with Gasteiger partial charge in [-0.3, -0.25) is 4.90 Å². The number of fused-ring (bicyclic) bond motifs is 1. The lowest BCUT2D eigenvalue weighted by atomic mass is 9.92. The van der Waals surface area contributed by atoms with Gasteiger partial charge in [-0.2, -0.15) is 0 Å².